The van der Waals surface area contributed by atoms with Crippen LogP contribution in [0.1, 0.15) is 20.7 Å². The lowest BCUT2D eigenvalue weighted by Crippen LogP contribution is -2.31. The van der Waals surface area contributed by atoms with Crippen LogP contribution in [0.15, 0.2) is 18.5 Å². The number of rotatable bonds is 2. The average molecular weight is 190 g/mol. The molecule has 0 atom stereocenters. The summed E-state index contributed by atoms with van der Waals surface area (Å²) in [6, 6.07) is 1.47. The molecule has 0 aliphatic carbocycles. The van der Waals surface area contributed by atoms with Crippen molar-refractivity contribution in [1.29, 1.82) is 0 Å². The summed E-state index contributed by atoms with van der Waals surface area (Å²) in [5.41, 5.74) is 0.575. The van der Waals surface area contributed by atoms with Crippen LogP contribution in [0.25, 0.3) is 0 Å². The zero-order chi connectivity index (χ0) is 10.1. The molecule has 1 aliphatic rings. The maximum Gasteiger partial charge on any atom is 0.263 e. The van der Waals surface area contributed by atoms with E-state index < -0.39 is 11.8 Å². The second-order valence-electron chi connectivity index (χ2n) is 2.81. The van der Waals surface area contributed by atoms with Crippen LogP contribution in [0, 0.1) is 0 Å². The number of aromatic nitrogens is 1. The first-order chi connectivity index (χ1) is 6.75. The highest BCUT2D eigenvalue weighted by Crippen LogP contribution is 2.20. The number of carbonyl (C=O) groups is 3. The molecular formula is C9H6N2O3. The minimum absolute atomic E-state index is 0.202. The normalized spacial score (nSPS) is 14.4. The molecule has 2 heterocycles. The second-order valence-corrected chi connectivity index (χ2v) is 2.81. The molecule has 14 heavy (non-hydrogen) atoms. The molecular weight excluding hydrogens is 184 g/mol. The predicted octanol–water partition coefficient (Wildman–Crippen LogP) is -0.123. The third-order valence-corrected chi connectivity index (χ3v) is 2.03. The van der Waals surface area contributed by atoms with Crippen molar-refractivity contribution in [2.75, 3.05) is 6.54 Å². The van der Waals surface area contributed by atoms with E-state index in [2.05, 4.69) is 4.98 Å². The van der Waals surface area contributed by atoms with Crippen LogP contribution in [0.4, 0.5) is 0 Å². The summed E-state index contributed by atoms with van der Waals surface area (Å²) in [6.07, 6.45) is 3.30. The Kier molecular flexibility index (Phi) is 1.85. The molecule has 1 aromatic heterocycles. The van der Waals surface area contributed by atoms with Gasteiger partial charge < -0.3 is 4.79 Å². The molecule has 0 N–H and O–H groups in total. The number of amides is 2. The Hall–Kier alpha value is -2.04. The van der Waals surface area contributed by atoms with Crippen LogP contribution in [0.2, 0.25) is 0 Å². The van der Waals surface area contributed by atoms with Crippen LogP contribution >= 0.6 is 0 Å². The fourth-order valence-corrected chi connectivity index (χ4v) is 1.37. The summed E-state index contributed by atoms with van der Waals surface area (Å²) in [5.74, 6) is -0.885. The molecule has 2 amide bonds. The zero-order valence-corrected chi connectivity index (χ0v) is 7.14. The van der Waals surface area contributed by atoms with Gasteiger partial charge in [0.25, 0.3) is 11.8 Å². The monoisotopic (exact) mass is 190 g/mol. The van der Waals surface area contributed by atoms with Gasteiger partial charge in [0.2, 0.25) is 0 Å². The highest BCUT2D eigenvalue weighted by molar-refractivity contribution is 6.21. The third kappa shape index (κ3) is 1.02. The zero-order valence-electron chi connectivity index (χ0n) is 7.14. The Labute approximate surface area is 79.3 Å². The summed E-state index contributed by atoms with van der Waals surface area (Å²) in [5, 5.41) is 0. The van der Waals surface area contributed by atoms with Crippen molar-refractivity contribution in [2.45, 2.75) is 0 Å². The van der Waals surface area contributed by atoms with E-state index in [-0.39, 0.29) is 12.1 Å². The van der Waals surface area contributed by atoms with Gasteiger partial charge in [-0.25, -0.2) is 0 Å². The van der Waals surface area contributed by atoms with E-state index in [4.69, 9.17) is 0 Å². The van der Waals surface area contributed by atoms with E-state index in [0.717, 1.165) is 4.90 Å². The maximum atomic E-state index is 11.5. The van der Waals surface area contributed by atoms with Crippen molar-refractivity contribution >= 4 is 18.1 Å². The van der Waals surface area contributed by atoms with Gasteiger partial charge in [-0.2, -0.15) is 0 Å². The topological polar surface area (TPSA) is 67.3 Å². The van der Waals surface area contributed by atoms with Gasteiger partial charge in [-0.1, -0.05) is 0 Å². The van der Waals surface area contributed by atoms with E-state index in [0.29, 0.717) is 11.8 Å². The Morgan fingerprint density at radius 2 is 2.00 bits per heavy atom. The summed E-state index contributed by atoms with van der Waals surface area (Å²) < 4.78 is 0. The van der Waals surface area contributed by atoms with Gasteiger partial charge in [-0.05, 0) is 6.07 Å². The SMILES string of the molecule is O=CCN1C(=O)c2ccncc2C1=O. The number of imide groups is 1. The molecule has 0 saturated carbocycles. The van der Waals surface area contributed by atoms with Gasteiger partial charge in [0.05, 0.1) is 17.7 Å². The Morgan fingerprint density at radius 3 is 2.64 bits per heavy atom. The quantitative estimate of drug-likeness (QED) is 0.481. The highest BCUT2D eigenvalue weighted by Gasteiger charge is 2.34. The smallest absolute Gasteiger partial charge is 0.263 e. The molecule has 0 unspecified atom stereocenters. The van der Waals surface area contributed by atoms with Crippen molar-refractivity contribution in [2.24, 2.45) is 0 Å². The van der Waals surface area contributed by atoms with Gasteiger partial charge in [-0.3, -0.25) is 19.5 Å². The van der Waals surface area contributed by atoms with E-state index in [1.807, 2.05) is 0 Å². The van der Waals surface area contributed by atoms with E-state index in [1.165, 1.54) is 18.5 Å². The van der Waals surface area contributed by atoms with E-state index in [9.17, 15) is 14.4 Å². The number of nitrogens with zero attached hydrogens (tertiary/aromatic N) is 2. The number of aldehydes is 1. The number of carbonyl (C=O) groups excluding carboxylic acids is 3. The molecule has 0 radical (unpaired) electrons. The van der Waals surface area contributed by atoms with Crippen LogP contribution < -0.4 is 0 Å². The first-order valence-corrected chi connectivity index (χ1v) is 3.99. The average Bonchev–Trinajstić information content (AvgIpc) is 2.45. The summed E-state index contributed by atoms with van der Waals surface area (Å²) in [4.78, 5) is 37.9. The van der Waals surface area contributed by atoms with Crippen molar-refractivity contribution in [3.8, 4) is 0 Å². The van der Waals surface area contributed by atoms with Gasteiger partial charge in [0, 0.05) is 12.4 Å². The highest BCUT2D eigenvalue weighted by atomic mass is 16.2. The molecule has 0 fully saturated rings. The molecule has 5 heteroatoms. The van der Waals surface area contributed by atoms with Gasteiger partial charge in [0.1, 0.15) is 6.29 Å². The number of fused-ring (bicyclic) bond motifs is 1. The lowest BCUT2D eigenvalue weighted by atomic mass is 10.2. The van der Waals surface area contributed by atoms with Crippen molar-refractivity contribution < 1.29 is 14.4 Å². The standard InChI is InChI=1S/C9H6N2O3/c12-4-3-11-8(13)6-1-2-10-5-7(6)9(11)14/h1-2,4-5H,3H2. The maximum absolute atomic E-state index is 11.5. The van der Waals surface area contributed by atoms with Gasteiger partial charge in [0.15, 0.2) is 0 Å². The van der Waals surface area contributed by atoms with Crippen LogP contribution in [-0.2, 0) is 4.79 Å². The summed E-state index contributed by atoms with van der Waals surface area (Å²) in [6.45, 7) is -0.202. The third-order valence-electron chi connectivity index (χ3n) is 2.03. The van der Waals surface area contributed by atoms with Crippen LogP contribution in [0.5, 0.6) is 0 Å². The molecule has 0 spiro atoms. The van der Waals surface area contributed by atoms with E-state index >= 15 is 0 Å². The number of pyridine rings is 1. The molecule has 1 aromatic rings. The molecule has 5 nitrogen and oxygen atoms in total. The molecule has 0 aromatic carbocycles. The molecule has 0 bridgehead atoms. The first-order valence-electron chi connectivity index (χ1n) is 3.99. The summed E-state index contributed by atoms with van der Waals surface area (Å²) in [7, 11) is 0. The Bertz CT molecular complexity index is 393. The van der Waals surface area contributed by atoms with Crippen molar-refractivity contribution in [3.63, 3.8) is 0 Å². The lowest BCUT2D eigenvalue weighted by Gasteiger charge is -2.07. The minimum Gasteiger partial charge on any atom is -0.301 e. The van der Waals surface area contributed by atoms with Crippen LogP contribution in [-0.4, -0.2) is 34.5 Å². The summed E-state index contributed by atoms with van der Waals surface area (Å²) >= 11 is 0. The molecule has 2 rings (SSSR count). The lowest BCUT2D eigenvalue weighted by molar-refractivity contribution is -0.108. The molecule has 1 aliphatic heterocycles. The fourth-order valence-electron chi connectivity index (χ4n) is 1.37. The van der Waals surface area contributed by atoms with Gasteiger partial charge >= 0.3 is 0 Å². The number of hydrogen-bond acceptors (Lipinski definition) is 4. The molecule has 0 saturated heterocycles. The largest absolute Gasteiger partial charge is 0.301 e. The van der Waals surface area contributed by atoms with Crippen LogP contribution in [0.3, 0.4) is 0 Å². The van der Waals surface area contributed by atoms with Crippen molar-refractivity contribution in [1.82, 2.24) is 9.88 Å². The predicted molar refractivity (Wildman–Crippen MR) is 45.7 cm³/mol. The number of hydrogen-bond donors (Lipinski definition) is 0. The Morgan fingerprint density at radius 1 is 1.29 bits per heavy atom. The minimum atomic E-state index is -0.454. The fraction of sp³-hybridized carbons (Fsp3) is 0.111. The Balaban J connectivity index is 2.48. The second kappa shape index (κ2) is 3.02. The van der Waals surface area contributed by atoms with E-state index in [1.54, 1.807) is 0 Å². The molecule has 70 valence electrons. The van der Waals surface area contributed by atoms with Crippen molar-refractivity contribution in [3.05, 3.63) is 29.6 Å². The van der Waals surface area contributed by atoms with Gasteiger partial charge in [-0.15, -0.1) is 0 Å². The first kappa shape index (κ1) is 8.55.